The van der Waals surface area contributed by atoms with Crippen LogP contribution in [-0.2, 0) is 5.75 Å². The van der Waals surface area contributed by atoms with Crippen LogP contribution in [-0.4, -0.2) is 22.3 Å². The van der Waals surface area contributed by atoms with Crippen molar-refractivity contribution in [1.29, 1.82) is 0 Å². The predicted octanol–water partition coefficient (Wildman–Crippen LogP) is 2.31. The maximum Gasteiger partial charge on any atom is 0.236 e. The van der Waals surface area contributed by atoms with Gasteiger partial charge in [0.25, 0.3) is 0 Å². The summed E-state index contributed by atoms with van der Waals surface area (Å²) >= 11 is 1.31. The number of ether oxygens (including phenoxy) is 1. The number of aromatic nitrogens is 3. The van der Waals surface area contributed by atoms with Crippen molar-refractivity contribution in [1.82, 2.24) is 15.2 Å². The molecule has 0 aliphatic carbocycles. The molecular weight excluding hydrogens is 241 g/mol. The van der Waals surface area contributed by atoms with Gasteiger partial charge in [0.2, 0.25) is 11.0 Å². The first-order valence-corrected chi connectivity index (χ1v) is 5.88. The molecule has 0 aliphatic heterocycles. The molecule has 0 saturated heterocycles. The normalized spacial score (nSPS) is 10.2. The average molecular weight is 251 g/mol. The molecule has 1 heterocycles. The summed E-state index contributed by atoms with van der Waals surface area (Å²) in [7, 11) is 1.51. The molecule has 0 radical (unpaired) electrons. The first kappa shape index (κ1) is 11.8. The molecule has 2 aromatic rings. The Labute approximate surface area is 102 Å². The summed E-state index contributed by atoms with van der Waals surface area (Å²) in [6.45, 7) is 0. The highest BCUT2D eigenvalue weighted by atomic mass is 32.2. The number of benzene rings is 1. The van der Waals surface area contributed by atoms with Gasteiger partial charge in [0.15, 0.2) is 0 Å². The van der Waals surface area contributed by atoms with Crippen LogP contribution in [0.5, 0.6) is 5.88 Å². The molecule has 17 heavy (non-hydrogen) atoms. The minimum atomic E-state index is -0.226. The van der Waals surface area contributed by atoms with E-state index in [4.69, 9.17) is 4.74 Å². The molecular formula is C11H10FN3OS. The van der Waals surface area contributed by atoms with E-state index in [9.17, 15) is 4.39 Å². The summed E-state index contributed by atoms with van der Waals surface area (Å²) < 4.78 is 18.3. The molecule has 1 aromatic carbocycles. The van der Waals surface area contributed by atoms with Gasteiger partial charge in [-0.15, -0.1) is 5.10 Å². The lowest BCUT2D eigenvalue weighted by atomic mass is 10.2. The van der Waals surface area contributed by atoms with E-state index >= 15 is 0 Å². The zero-order valence-corrected chi connectivity index (χ0v) is 9.95. The van der Waals surface area contributed by atoms with Gasteiger partial charge in [-0.1, -0.05) is 30.0 Å². The highest BCUT2D eigenvalue weighted by Gasteiger charge is 2.05. The first-order valence-electron chi connectivity index (χ1n) is 4.89. The van der Waals surface area contributed by atoms with Gasteiger partial charge in [0.1, 0.15) is 12.0 Å². The van der Waals surface area contributed by atoms with Crippen molar-refractivity contribution in [2.45, 2.75) is 10.9 Å². The maximum absolute atomic E-state index is 13.3. The number of rotatable bonds is 4. The summed E-state index contributed by atoms with van der Waals surface area (Å²) in [4.78, 5) is 4.08. The van der Waals surface area contributed by atoms with E-state index in [1.165, 1.54) is 31.1 Å². The van der Waals surface area contributed by atoms with Gasteiger partial charge in [-0.2, -0.15) is 10.1 Å². The zero-order chi connectivity index (χ0) is 12.1. The van der Waals surface area contributed by atoms with Crippen molar-refractivity contribution < 1.29 is 9.13 Å². The molecule has 1 aromatic heterocycles. The summed E-state index contributed by atoms with van der Waals surface area (Å²) in [5.74, 6) is 0.633. The van der Waals surface area contributed by atoms with Crippen LogP contribution in [0.4, 0.5) is 4.39 Å². The second kappa shape index (κ2) is 5.58. The summed E-state index contributed by atoms with van der Waals surface area (Å²) in [5, 5.41) is 8.03. The predicted molar refractivity (Wildman–Crippen MR) is 62.3 cm³/mol. The Bertz CT molecular complexity index is 510. The molecule has 0 aliphatic rings. The van der Waals surface area contributed by atoms with Crippen LogP contribution in [0.25, 0.3) is 0 Å². The average Bonchev–Trinajstić information content (AvgIpc) is 2.38. The van der Waals surface area contributed by atoms with Crippen molar-refractivity contribution in [2.24, 2.45) is 0 Å². The highest BCUT2D eigenvalue weighted by molar-refractivity contribution is 7.98. The molecule has 4 nitrogen and oxygen atoms in total. The third kappa shape index (κ3) is 3.13. The Hall–Kier alpha value is -1.69. The van der Waals surface area contributed by atoms with Crippen molar-refractivity contribution in [2.75, 3.05) is 7.11 Å². The SMILES string of the molecule is COc1cnnc(SCc2ccccc2F)n1. The lowest BCUT2D eigenvalue weighted by Crippen LogP contribution is -1.95. The van der Waals surface area contributed by atoms with Crippen LogP contribution < -0.4 is 4.74 Å². The molecule has 0 amide bonds. The molecule has 88 valence electrons. The van der Waals surface area contributed by atoms with Crippen molar-refractivity contribution in [3.05, 3.63) is 41.8 Å². The lowest BCUT2D eigenvalue weighted by molar-refractivity contribution is 0.388. The second-order valence-electron chi connectivity index (χ2n) is 3.16. The van der Waals surface area contributed by atoms with Crippen LogP contribution in [0.1, 0.15) is 5.56 Å². The zero-order valence-electron chi connectivity index (χ0n) is 9.13. The summed E-state index contributed by atoms with van der Waals surface area (Å²) in [5.41, 5.74) is 0.615. The number of hydrogen-bond acceptors (Lipinski definition) is 5. The minimum absolute atomic E-state index is 0.226. The Balaban J connectivity index is 2.05. The van der Waals surface area contributed by atoms with E-state index in [2.05, 4.69) is 15.2 Å². The van der Waals surface area contributed by atoms with Crippen LogP contribution >= 0.6 is 11.8 Å². The standard InChI is InChI=1S/C11H10FN3OS/c1-16-10-6-13-15-11(14-10)17-7-8-4-2-3-5-9(8)12/h2-6H,7H2,1H3. The van der Waals surface area contributed by atoms with Crippen molar-refractivity contribution in [3.63, 3.8) is 0 Å². The molecule has 2 rings (SSSR count). The smallest absolute Gasteiger partial charge is 0.236 e. The number of nitrogens with zero attached hydrogens (tertiary/aromatic N) is 3. The fourth-order valence-corrected chi connectivity index (χ4v) is 1.97. The van der Waals surface area contributed by atoms with E-state index in [1.807, 2.05) is 0 Å². The molecule has 0 spiro atoms. The quantitative estimate of drug-likeness (QED) is 0.780. The Morgan fingerprint density at radius 3 is 2.94 bits per heavy atom. The van der Waals surface area contributed by atoms with Gasteiger partial charge in [-0.3, -0.25) is 0 Å². The highest BCUT2D eigenvalue weighted by Crippen LogP contribution is 2.21. The second-order valence-corrected chi connectivity index (χ2v) is 4.10. The van der Waals surface area contributed by atoms with E-state index in [1.54, 1.807) is 18.2 Å². The van der Waals surface area contributed by atoms with Gasteiger partial charge < -0.3 is 4.74 Å². The Kier molecular flexibility index (Phi) is 3.87. The Morgan fingerprint density at radius 2 is 2.18 bits per heavy atom. The molecule has 0 unspecified atom stereocenters. The van der Waals surface area contributed by atoms with Gasteiger partial charge in [0.05, 0.1) is 7.11 Å². The fraction of sp³-hybridized carbons (Fsp3) is 0.182. The van der Waals surface area contributed by atoms with Crippen LogP contribution in [0, 0.1) is 5.82 Å². The topological polar surface area (TPSA) is 47.9 Å². The van der Waals surface area contributed by atoms with Gasteiger partial charge in [0, 0.05) is 5.75 Å². The first-order chi connectivity index (χ1) is 8.29. The lowest BCUT2D eigenvalue weighted by Gasteiger charge is -2.02. The molecule has 0 atom stereocenters. The van der Waals surface area contributed by atoms with E-state index in [0.29, 0.717) is 22.4 Å². The monoisotopic (exact) mass is 251 g/mol. The van der Waals surface area contributed by atoms with Crippen molar-refractivity contribution >= 4 is 11.8 Å². The van der Waals surface area contributed by atoms with Crippen molar-refractivity contribution in [3.8, 4) is 5.88 Å². The number of methoxy groups -OCH3 is 1. The Morgan fingerprint density at radius 1 is 1.35 bits per heavy atom. The number of halogens is 1. The van der Waals surface area contributed by atoms with Gasteiger partial charge in [-0.05, 0) is 11.6 Å². The molecule has 6 heteroatoms. The largest absolute Gasteiger partial charge is 0.480 e. The molecule has 0 bridgehead atoms. The summed E-state index contributed by atoms with van der Waals surface area (Å²) in [6.07, 6.45) is 1.42. The molecule has 0 fully saturated rings. The van der Waals surface area contributed by atoms with E-state index < -0.39 is 0 Å². The number of thioether (sulfide) groups is 1. The van der Waals surface area contributed by atoms with Gasteiger partial charge >= 0.3 is 0 Å². The fourth-order valence-electron chi connectivity index (χ4n) is 1.19. The maximum atomic E-state index is 13.3. The molecule has 0 saturated carbocycles. The third-order valence-electron chi connectivity index (χ3n) is 2.04. The molecule has 0 N–H and O–H groups in total. The van der Waals surface area contributed by atoms with E-state index in [-0.39, 0.29) is 5.82 Å². The van der Waals surface area contributed by atoms with E-state index in [0.717, 1.165) is 0 Å². The third-order valence-corrected chi connectivity index (χ3v) is 2.93. The van der Waals surface area contributed by atoms with Crippen LogP contribution in [0.15, 0.2) is 35.6 Å². The van der Waals surface area contributed by atoms with Crippen LogP contribution in [0.3, 0.4) is 0 Å². The van der Waals surface area contributed by atoms with Crippen LogP contribution in [0.2, 0.25) is 0 Å². The summed E-state index contributed by atoms with van der Waals surface area (Å²) in [6, 6.07) is 6.62. The van der Waals surface area contributed by atoms with Gasteiger partial charge in [-0.25, -0.2) is 4.39 Å². The minimum Gasteiger partial charge on any atom is -0.480 e. The number of hydrogen-bond donors (Lipinski definition) is 0.